The van der Waals surface area contributed by atoms with Crippen molar-refractivity contribution in [3.63, 3.8) is 0 Å². The lowest BCUT2D eigenvalue weighted by Crippen LogP contribution is -2.53. The van der Waals surface area contributed by atoms with Crippen LogP contribution in [-0.4, -0.2) is 61.9 Å². The second-order valence-corrected chi connectivity index (χ2v) is 6.26. The van der Waals surface area contributed by atoms with E-state index < -0.39 is 23.7 Å². The largest absolute Gasteiger partial charge is 0.369 e. The number of imide groups is 1. The zero-order valence-corrected chi connectivity index (χ0v) is 14.0. The molecule has 0 aromatic heterocycles. The molecule has 0 saturated carbocycles. The maximum absolute atomic E-state index is 14.4. The number of amides is 3. The SMILES string of the molecule is CN1C(=O)CCC(NC(=O)c2ccc(N3CCNCC3)cc2F)C1=O. The van der Waals surface area contributed by atoms with E-state index in [9.17, 15) is 18.8 Å². The fraction of sp³-hybridized carbons (Fsp3) is 0.471. The lowest BCUT2D eigenvalue weighted by molar-refractivity contribution is -0.147. The van der Waals surface area contributed by atoms with Crippen molar-refractivity contribution in [3.05, 3.63) is 29.6 Å². The highest BCUT2D eigenvalue weighted by Gasteiger charge is 2.33. The number of halogens is 1. The zero-order chi connectivity index (χ0) is 18.0. The summed E-state index contributed by atoms with van der Waals surface area (Å²) >= 11 is 0. The molecule has 2 saturated heterocycles. The number of anilines is 1. The van der Waals surface area contributed by atoms with E-state index in [0.717, 1.165) is 36.8 Å². The minimum absolute atomic E-state index is 0.105. The van der Waals surface area contributed by atoms with Crippen molar-refractivity contribution in [1.29, 1.82) is 0 Å². The third-order valence-electron chi connectivity index (χ3n) is 4.63. The van der Waals surface area contributed by atoms with Gasteiger partial charge >= 0.3 is 0 Å². The third kappa shape index (κ3) is 3.63. The predicted octanol–water partition coefficient (Wildman–Crippen LogP) is 0.113. The van der Waals surface area contributed by atoms with Gasteiger partial charge in [-0.25, -0.2) is 4.39 Å². The van der Waals surface area contributed by atoms with E-state index in [1.54, 1.807) is 6.07 Å². The van der Waals surface area contributed by atoms with Gasteiger partial charge in [0.1, 0.15) is 11.9 Å². The molecule has 0 aliphatic carbocycles. The highest BCUT2D eigenvalue weighted by molar-refractivity contribution is 6.03. The van der Waals surface area contributed by atoms with Crippen molar-refractivity contribution in [2.75, 3.05) is 38.1 Å². The van der Waals surface area contributed by atoms with E-state index in [-0.39, 0.29) is 24.3 Å². The molecule has 1 aromatic rings. The van der Waals surface area contributed by atoms with Gasteiger partial charge in [-0.05, 0) is 24.6 Å². The molecule has 134 valence electrons. The quantitative estimate of drug-likeness (QED) is 0.758. The van der Waals surface area contributed by atoms with Gasteiger partial charge in [0.25, 0.3) is 11.8 Å². The van der Waals surface area contributed by atoms with Crippen LogP contribution in [0, 0.1) is 5.82 Å². The van der Waals surface area contributed by atoms with E-state index in [2.05, 4.69) is 10.6 Å². The molecule has 2 aliphatic heterocycles. The molecular formula is C17H21FN4O3. The first kappa shape index (κ1) is 17.3. The first-order valence-electron chi connectivity index (χ1n) is 8.34. The number of piperazine rings is 1. The number of likely N-dealkylation sites (N-methyl/N-ethyl adjacent to an activating group) is 1. The number of carbonyl (C=O) groups is 3. The van der Waals surface area contributed by atoms with Crippen molar-refractivity contribution >= 4 is 23.4 Å². The molecule has 1 unspecified atom stereocenters. The summed E-state index contributed by atoms with van der Waals surface area (Å²) in [6.45, 7) is 3.23. The van der Waals surface area contributed by atoms with Crippen molar-refractivity contribution in [2.24, 2.45) is 0 Å². The van der Waals surface area contributed by atoms with Crippen LogP contribution in [-0.2, 0) is 9.59 Å². The van der Waals surface area contributed by atoms with Crippen LogP contribution in [0.5, 0.6) is 0 Å². The van der Waals surface area contributed by atoms with E-state index in [1.807, 2.05) is 4.90 Å². The molecule has 2 heterocycles. The predicted molar refractivity (Wildman–Crippen MR) is 89.7 cm³/mol. The molecule has 0 bridgehead atoms. The Kier molecular flexibility index (Phi) is 4.98. The number of nitrogens with zero attached hydrogens (tertiary/aromatic N) is 2. The Hall–Kier alpha value is -2.48. The normalized spacial score (nSPS) is 21.4. The van der Waals surface area contributed by atoms with Crippen LogP contribution in [0.15, 0.2) is 18.2 Å². The Morgan fingerprint density at radius 1 is 1.28 bits per heavy atom. The molecule has 3 amide bonds. The summed E-state index contributed by atoms with van der Waals surface area (Å²) in [4.78, 5) is 38.9. The van der Waals surface area contributed by atoms with Gasteiger partial charge in [0.2, 0.25) is 5.91 Å². The van der Waals surface area contributed by atoms with Gasteiger partial charge in [-0.1, -0.05) is 0 Å². The number of hydrogen-bond acceptors (Lipinski definition) is 5. The fourth-order valence-corrected chi connectivity index (χ4v) is 3.09. The summed E-state index contributed by atoms with van der Waals surface area (Å²) in [7, 11) is 1.38. The summed E-state index contributed by atoms with van der Waals surface area (Å²) in [5.41, 5.74) is 0.626. The molecule has 3 rings (SSSR count). The highest BCUT2D eigenvalue weighted by Crippen LogP contribution is 2.20. The summed E-state index contributed by atoms with van der Waals surface area (Å²) in [6.07, 6.45) is 0.409. The van der Waals surface area contributed by atoms with Crippen molar-refractivity contribution in [2.45, 2.75) is 18.9 Å². The monoisotopic (exact) mass is 348 g/mol. The van der Waals surface area contributed by atoms with E-state index in [0.29, 0.717) is 0 Å². The zero-order valence-electron chi connectivity index (χ0n) is 14.0. The van der Waals surface area contributed by atoms with E-state index in [4.69, 9.17) is 0 Å². The summed E-state index contributed by atoms with van der Waals surface area (Å²) in [5.74, 6) is -2.02. The Morgan fingerprint density at radius 3 is 2.68 bits per heavy atom. The average Bonchev–Trinajstić information content (AvgIpc) is 2.62. The second kappa shape index (κ2) is 7.18. The Morgan fingerprint density at radius 2 is 2.00 bits per heavy atom. The maximum Gasteiger partial charge on any atom is 0.254 e. The molecule has 2 aliphatic rings. The lowest BCUT2D eigenvalue weighted by Gasteiger charge is -2.30. The van der Waals surface area contributed by atoms with Crippen molar-refractivity contribution in [1.82, 2.24) is 15.5 Å². The number of likely N-dealkylation sites (tertiary alicyclic amines) is 1. The number of piperidine rings is 1. The molecule has 2 fully saturated rings. The topological polar surface area (TPSA) is 81.8 Å². The first-order valence-corrected chi connectivity index (χ1v) is 8.34. The minimum atomic E-state index is -0.803. The number of hydrogen-bond donors (Lipinski definition) is 2. The summed E-state index contributed by atoms with van der Waals surface area (Å²) in [5, 5.41) is 5.76. The molecule has 7 nitrogen and oxygen atoms in total. The first-order chi connectivity index (χ1) is 12.0. The standard InChI is InChI=1S/C17H21FN4O3/c1-21-15(23)5-4-14(17(21)25)20-16(24)12-3-2-11(10-13(12)18)22-8-6-19-7-9-22/h2-3,10,14,19H,4-9H2,1H3,(H,20,24). The van der Waals surface area contributed by atoms with Gasteiger partial charge in [-0.15, -0.1) is 0 Å². The number of carbonyl (C=O) groups excluding carboxylic acids is 3. The van der Waals surface area contributed by atoms with Crippen LogP contribution in [0.3, 0.4) is 0 Å². The van der Waals surface area contributed by atoms with Gasteiger partial charge in [0.05, 0.1) is 5.56 Å². The summed E-state index contributed by atoms with van der Waals surface area (Å²) in [6, 6.07) is 3.69. The molecule has 2 N–H and O–H groups in total. The molecule has 8 heteroatoms. The molecule has 1 aromatic carbocycles. The maximum atomic E-state index is 14.4. The smallest absolute Gasteiger partial charge is 0.254 e. The Labute approximate surface area is 145 Å². The number of rotatable bonds is 3. The van der Waals surface area contributed by atoms with E-state index in [1.165, 1.54) is 19.2 Å². The average molecular weight is 348 g/mol. The van der Waals surface area contributed by atoms with Gasteiger partial charge < -0.3 is 15.5 Å². The van der Waals surface area contributed by atoms with Gasteiger partial charge in [-0.3, -0.25) is 19.3 Å². The van der Waals surface area contributed by atoms with Gasteiger partial charge in [-0.2, -0.15) is 0 Å². The Bertz CT molecular complexity index is 703. The minimum Gasteiger partial charge on any atom is -0.369 e. The molecule has 0 radical (unpaired) electrons. The Balaban J connectivity index is 1.70. The van der Waals surface area contributed by atoms with Crippen LogP contribution in [0.25, 0.3) is 0 Å². The van der Waals surface area contributed by atoms with Crippen LogP contribution in [0.4, 0.5) is 10.1 Å². The third-order valence-corrected chi connectivity index (χ3v) is 4.63. The van der Waals surface area contributed by atoms with Crippen LogP contribution in [0.2, 0.25) is 0 Å². The van der Waals surface area contributed by atoms with Crippen molar-refractivity contribution < 1.29 is 18.8 Å². The highest BCUT2D eigenvalue weighted by atomic mass is 19.1. The number of benzene rings is 1. The van der Waals surface area contributed by atoms with Crippen LogP contribution < -0.4 is 15.5 Å². The van der Waals surface area contributed by atoms with E-state index >= 15 is 0 Å². The molecule has 25 heavy (non-hydrogen) atoms. The fourth-order valence-electron chi connectivity index (χ4n) is 3.09. The molecule has 1 atom stereocenters. The second-order valence-electron chi connectivity index (χ2n) is 6.26. The van der Waals surface area contributed by atoms with Crippen LogP contribution >= 0.6 is 0 Å². The van der Waals surface area contributed by atoms with Gasteiger partial charge in [0, 0.05) is 45.3 Å². The molecule has 0 spiro atoms. The lowest BCUT2D eigenvalue weighted by atomic mass is 10.0. The summed E-state index contributed by atoms with van der Waals surface area (Å²) < 4.78 is 14.4. The van der Waals surface area contributed by atoms with Crippen molar-refractivity contribution in [3.8, 4) is 0 Å². The van der Waals surface area contributed by atoms with Gasteiger partial charge in [0.15, 0.2) is 0 Å². The molecular weight excluding hydrogens is 327 g/mol. The van der Waals surface area contributed by atoms with Crippen LogP contribution in [0.1, 0.15) is 23.2 Å². The number of nitrogens with one attached hydrogen (secondary N) is 2.